The van der Waals surface area contributed by atoms with Crippen molar-refractivity contribution >= 4 is 15.9 Å². The third-order valence-corrected chi connectivity index (χ3v) is 5.42. The third-order valence-electron chi connectivity index (χ3n) is 4.18. The molecule has 0 saturated carbocycles. The number of benzene rings is 2. The quantitative estimate of drug-likeness (QED) is 0.691. The predicted octanol–water partition coefficient (Wildman–Crippen LogP) is 5.10. The highest BCUT2D eigenvalue weighted by atomic mass is 79.9. The molecule has 0 N–H and O–H groups in total. The molecule has 0 saturated heterocycles. The molecular weight excluding hydrogens is 296 g/mol. The molecule has 0 aliphatic heterocycles. The Balaban J connectivity index is 1.75. The molecule has 2 aromatic carbocycles. The van der Waals surface area contributed by atoms with Gasteiger partial charge in [0.15, 0.2) is 0 Å². The molecule has 0 fully saturated rings. The maximum Gasteiger partial charge on any atom is 0.0432 e. The smallest absolute Gasteiger partial charge is 0.0432 e. The molecule has 0 heterocycles. The van der Waals surface area contributed by atoms with Crippen molar-refractivity contribution in [3.05, 3.63) is 70.8 Å². The van der Waals surface area contributed by atoms with Crippen molar-refractivity contribution in [1.29, 1.82) is 0 Å². The van der Waals surface area contributed by atoms with Crippen LogP contribution in [0.3, 0.4) is 0 Å². The van der Waals surface area contributed by atoms with Gasteiger partial charge in [0.25, 0.3) is 0 Å². The highest BCUT2D eigenvalue weighted by molar-refractivity contribution is 9.09. The van der Waals surface area contributed by atoms with Crippen LogP contribution < -0.4 is 0 Å². The first-order valence-corrected chi connectivity index (χ1v) is 7.99. The van der Waals surface area contributed by atoms with Gasteiger partial charge in [0.1, 0.15) is 0 Å². The predicted molar refractivity (Wildman–Crippen MR) is 84.8 cm³/mol. The zero-order valence-electron chi connectivity index (χ0n) is 11.3. The Morgan fingerprint density at radius 2 is 1.68 bits per heavy atom. The van der Waals surface area contributed by atoms with Gasteiger partial charge in [-0.25, -0.2) is 0 Å². The van der Waals surface area contributed by atoms with Crippen molar-refractivity contribution in [1.82, 2.24) is 0 Å². The molecule has 0 spiro atoms. The largest absolute Gasteiger partial charge is 0.0835 e. The van der Waals surface area contributed by atoms with Crippen molar-refractivity contribution < 1.29 is 0 Å². The minimum Gasteiger partial charge on any atom is -0.0835 e. The summed E-state index contributed by atoms with van der Waals surface area (Å²) in [4.78, 5) is 0.509. The Morgan fingerprint density at radius 1 is 1.00 bits per heavy atom. The number of halogens is 1. The van der Waals surface area contributed by atoms with Crippen molar-refractivity contribution in [2.45, 2.75) is 31.0 Å². The van der Waals surface area contributed by atoms with Gasteiger partial charge < -0.3 is 0 Å². The zero-order valence-corrected chi connectivity index (χ0v) is 12.9. The summed E-state index contributed by atoms with van der Waals surface area (Å²) in [7, 11) is 0. The molecule has 98 valence electrons. The van der Waals surface area contributed by atoms with Crippen molar-refractivity contribution in [3.8, 4) is 0 Å². The second-order valence-electron chi connectivity index (χ2n) is 5.44. The standard InChI is InChI=1S/C18H19Br/c1-2-13-7-9-14(10-8-13)11-16-12-15-5-3-4-6-17(15)18(16)19/h3-10,16,18H,2,11-12H2,1H3. The molecule has 2 atom stereocenters. The first-order chi connectivity index (χ1) is 9.28. The van der Waals surface area contributed by atoms with Gasteiger partial charge in [0.2, 0.25) is 0 Å². The van der Waals surface area contributed by atoms with Crippen LogP contribution in [0.5, 0.6) is 0 Å². The summed E-state index contributed by atoms with van der Waals surface area (Å²) >= 11 is 3.89. The molecule has 2 unspecified atom stereocenters. The van der Waals surface area contributed by atoms with Crippen molar-refractivity contribution in [3.63, 3.8) is 0 Å². The normalized spacial score (nSPS) is 21.4. The van der Waals surface area contributed by atoms with Crippen LogP contribution in [0.15, 0.2) is 48.5 Å². The van der Waals surface area contributed by atoms with E-state index in [-0.39, 0.29) is 0 Å². The first-order valence-electron chi connectivity index (χ1n) is 7.07. The van der Waals surface area contributed by atoms with Gasteiger partial charge in [0, 0.05) is 4.83 Å². The number of rotatable bonds is 3. The Kier molecular flexibility index (Phi) is 3.74. The van der Waals surface area contributed by atoms with Crippen molar-refractivity contribution in [2.24, 2.45) is 5.92 Å². The van der Waals surface area contributed by atoms with Crippen molar-refractivity contribution in [2.75, 3.05) is 0 Å². The van der Waals surface area contributed by atoms with Gasteiger partial charge >= 0.3 is 0 Å². The molecule has 1 aliphatic rings. The van der Waals surface area contributed by atoms with Crippen LogP contribution in [-0.4, -0.2) is 0 Å². The van der Waals surface area contributed by atoms with E-state index in [1.807, 2.05) is 0 Å². The number of alkyl halides is 1. The fourth-order valence-electron chi connectivity index (χ4n) is 3.02. The summed E-state index contributed by atoms with van der Waals surface area (Å²) in [5.74, 6) is 0.685. The average Bonchev–Trinajstić information content (AvgIpc) is 2.77. The van der Waals surface area contributed by atoms with Crippen LogP contribution in [0, 0.1) is 5.92 Å². The number of hydrogen-bond donors (Lipinski definition) is 0. The van der Waals surface area contributed by atoms with E-state index in [0.29, 0.717) is 10.7 Å². The molecular formula is C18H19Br. The minimum atomic E-state index is 0.509. The summed E-state index contributed by atoms with van der Waals surface area (Å²) in [6, 6.07) is 17.9. The van der Waals surface area contributed by atoms with Gasteiger partial charge in [-0.3, -0.25) is 0 Å². The molecule has 2 aromatic rings. The van der Waals surface area contributed by atoms with Gasteiger partial charge in [-0.2, -0.15) is 0 Å². The van der Waals surface area contributed by atoms with E-state index in [9.17, 15) is 0 Å². The SMILES string of the molecule is CCc1ccc(CC2Cc3ccccc3C2Br)cc1. The Morgan fingerprint density at radius 3 is 2.37 bits per heavy atom. The van der Waals surface area contributed by atoms with E-state index in [1.54, 1.807) is 0 Å². The molecule has 0 nitrogen and oxygen atoms in total. The lowest BCUT2D eigenvalue weighted by molar-refractivity contribution is 0.555. The van der Waals surface area contributed by atoms with Crippen LogP contribution in [-0.2, 0) is 19.3 Å². The zero-order chi connectivity index (χ0) is 13.2. The summed E-state index contributed by atoms with van der Waals surface area (Å²) in [6.07, 6.45) is 3.48. The highest BCUT2D eigenvalue weighted by Gasteiger charge is 2.29. The maximum absolute atomic E-state index is 3.89. The fraction of sp³-hybridized carbons (Fsp3) is 0.333. The van der Waals surface area contributed by atoms with Gasteiger partial charge in [-0.1, -0.05) is 71.4 Å². The molecule has 0 radical (unpaired) electrons. The Bertz CT molecular complexity index is 556. The van der Waals surface area contributed by atoms with E-state index < -0.39 is 0 Å². The topological polar surface area (TPSA) is 0 Å². The van der Waals surface area contributed by atoms with E-state index in [0.717, 1.165) is 12.8 Å². The fourth-order valence-corrected chi connectivity index (χ4v) is 3.84. The number of fused-ring (bicyclic) bond motifs is 1. The molecule has 0 amide bonds. The maximum atomic E-state index is 3.89. The van der Waals surface area contributed by atoms with E-state index in [1.165, 1.54) is 28.7 Å². The molecule has 0 aromatic heterocycles. The van der Waals surface area contributed by atoms with Gasteiger partial charge in [-0.15, -0.1) is 0 Å². The monoisotopic (exact) mass is 314 g/mol. The van der Waals surface area contributed by atoms with Crippen LogP contribution in [0.25, 0.3) is 0 Å². The average molecular weight is 315 g/mol. The van der Waals surface area contributed by atoms with Crippen LogP contribution in [0.1, 0.15) is 34.0 Å². The van der Waals surface area contributed by atoms with Crippen LogP contribution in [0.2, 0.25) is 0 Å². The summed E-state index contributed by atoms with van der Waals surface area (Å²) in [5.41, 5.74) is 5.88. The van der Waals surface area contributed by atoms with Crippen LogP contribution >= 0.6 is 15.9 Å². The summed E-state index contributed by atoms with van der Waals surface area (Å²) in [5, 5.41) is 0. The van der Waals surface area contributed by atoms with Crippen LogP contribution in [0.4, 0.5) is 0 Å². The third kappa shape index (κ3) is 2.62. The second kappa shape index (κ2) is 5.50. The lowest BCUT2D eigenvalue weighted by Crippen LogP contribution is -2.06. The highest BCUT2D eigenvalue weighted by Crippen LogP contribution is 2.43. The Hall–Kier alpha value is -1.08. The number of aryl methyl sites for hydroxylation is 1. The van der Waals surface area contributed by atoms with Gasteiger partial charge in [0.05, 0.1) is 0 Å². The molecule has 3 rings (SSSR count). The Labute approximate surface area is 124 Å². The first kappa shape index (κ1) is 12.9. The lowest BCUT2D eigenvalue weighted by Gasteiger charge is -2.14. The molecule has 1 aliphatic carbocycles. The molecule has 0 bridgehead atoms. The molecule has 1 heteroatoms. The van der Waals surface area contributed by atoms with E-state index in [2.05, 4.69) is 71.4 Å². The lowest BCUT2D eigenvalue weighted by atomic mass is 9.96. The summed E-state index contributed by atoms with van der Waals surface area (Å²) < 4.78 is 0. The minimum absolute atomic E-state index is 0.509. The summed E-state index contributed by atoms with van der Waals surface area (Å²) in [6.45, 7) is 2.21. The number of hydrogen-bond acceptors (Lipinski definition) is 0. The second-order valence-corrected chi connectivity index (χ2v) is 6.43. The van der Waals surface area contributed by atoms with Gasteiger partial charge in [-0.05, 0) is 47.4 Å². The van der Waals surface area contributed by atoms with E-state index in [4.69, 9.17) is 0 Å². The van der Waals surface area contributed by atoms with E-state index >= 15 is 0 Å². The molecule has 19 heavy (non-hydrogen) atoms.